The molecule has 2 amide bonds. The second-order valence-corrected chi connectivity index (χ2v) is 8.06. The number of amides is 2. The highest BCUT2D eigenvalue weighted by Gasteiger charge is 2.18. The monoisotopic (exact) mass is 491 g/mol. The minimum Gasteiger partial charge on any atom is -0.347 e. The molecule has 3 aromatic carbocycles. The maximum Gasteiger partial charge on any atom is 0.271 e. The Kier molecular flexibility index (Phi) is 8.05. The highest BCUT2D eigenvalue weighted by Crippen LogP contribution is 2.12. The number of carbonyl (C=O) groups excluding carboxylic acids is 3. The first-order valence-corrected chi connectivity index (χ1v) is 10.8. The third kappa shape index (κ3) is 6.72. The molecule has 0 saturated carbocycles. The first-order chi connectivity index (χ1) is 15.4. The number of aryl methyl sites for hydroxylation is 1. The molecule has 32 heavy (non-hydrogen) atoms. The second-order valence-electron chi connectivity index (χ2n) is 7.14. The summed E-state index contributed by atoms with van der Waals surface area (Å²) >= 11 is 3.33. The van der Waals surface area contributed by atoms with Crippen molar-refractivity contribution in [3.63, 3.8) is 0 Å². The molecule has 0 bridgehead atoms. The average Bonchev–Trinajstić information content (AvgIpc) is 2.81. The molecule has 0 spiro atoms. The van der Waals surface area contributed by atoms with Gasteiger partial charge < -0.3 is 5.32 Å². The van der Waals surface area contributed by atoms with Crippen molar-refractivity contribution in [3.05, 3.63) is 106 Å². The summed E-state index contributed by atoms with van der Waals surface area (Å²) in [4.78, 5) is 37.9. The maximum atomic E-state index is 12.8. The third-order valence-electron chi connectivity index (χ3n) is 4.66. The summed E-state index contributed by atoms with van der Waals surface area (Å²) in [5.41, 5.74) is 5.09. The molecule has 2 N–H and O–H groups in total. The minimum absolute atomic E-state index is 0.0747. The van der Waals surface area contributed by atoms with Gasteiger partial charge in [-0.1, -0.05) is 76.1 Å². The number of halogens is 1. The lowest BCUT2D eigenvalue weighted by Gasteiger charge is -2.09. The molecule has 0 saturated heterocycles. The molecule has 0 radical (unpaired) electrons. The van der Waals surface area contributed by atoms with Crippen LogP contribution in [-0.2, 0) is 11.3 Å². The number of nitrogens with zero attached hydrogens (tertiary/aromatic N) is 1. The quantitative estimate of drug-likeness (QED) is 0.277. The van der Waals surface area contributed by atoms with E-state index in [-0.39, 0.29) is 24.5 Å². The summed E-state index contributed by atoms with van der Waals surface area (Å²) in [6.07, 6.45) is -0.254. The number of hydrazone groups is 1. The lowest BCUT2D eigenvalue weighted by Crippen LogP contribution is -2.34. The van der Waals surface area contributed by atoms with E-state index in [1.54, 1.807) is 36.4 Å². The minimum atomic E-state index is -0.525. The Hall–Kier alpha value is -3.58. The standard InChI is InChI=1S/C25H22BrN3O3/c1-17-7-9-20(10-8-17)24(31)29-28-22(15-23(30)19-11-13-21(26)14-12-19)25(32)27-16-18-5-3-2-4-6-18/h2-14H,15-16H2,1H3,(H,27,32)(H,29,31). The fourth-order valence-electron chi connectivity index (χ4n) is 2.83. The molecule has 0 fully saturated rings. The van der Waals surface area contributed by atoms with E-state index in [1.165, 1.54) is 0 Å². The molecule has 0 aromatic heterocycles. The Labute approximate surface area is 194 Å². The molecule has 0 atom stereocenters. The lowest BCUT2D eigenvalue weighted by molar-refractivity contribution is -0.115. The summed E-state index contributed by atoms with van der Waals surface area (Å²) in [5, 5.41) is 6.75. The zero-order chi connectivity index (χ0) is 22.9. The van der Waals surface area contributed by atoms with Gasteiger partial charge in [-0.25, -0.2) is 5.43 Å². The molecule has 0 heterocycles. The van der Waals surface area contributed by atoms with Crippen LogP contribution in [0.5, 0.6) is 0 Å². The van der Waals surface area contributed by atoms with Crippen LogP contribution in [0, 0.1) is 6.92 Å². The van der Waals surface area contributed by atoms with Crippen LogP contribution in [-0.4, -0.2) is 23.3 Å². The van der Waals surface area contributed by atoms with Gasteiger partial charge in [0.1, 0.15) is 5.71 Å². The van der Waals surface area contributed by atoms with Crippen LogP contribution < -0.4 is 10.7 Å². The largest absolute Gasteiger partial charge is 0.347 e. The van der Waals surface area contributed by atoms with Crippen LogP contribution in [0.2, 0.25) is 0 Å². The topological polar surface area (TPSA) is 87.6 Å². The molecule has 3 rings (SSSR count). The van der Waals surface area contributed by atoms with Crippen LogP contribution in [0.4, 0.5) is 0 Å². The van der Waals surface area contributed by atoms with Crippen molar-refractivity contribution in [1.82, 2.24) is 10.7 Å². The van der Waals surface area contributed by atoms with E-state index in [9.17, 15) is 14.4 Å². The van der Waals surface area contributed by atoms with Gasteiger partial charge in [-0.2, -0.15) is 5.10 Å². The van der Waals surface area contributed by atoms with Gasteiger partial charge in [0.25, 0.3) is 11.8 Å². The Bertz CT molecular complexity index is 1130. The van der Waals surface area contributed by atoms with Crippen molar-refractivity contribution in [1.29, 1.82) is 0 Å². The number of carbonyl (C=O) groups is 3. The highest BCUT2D eigenvalue weighted by atomic mass is 79.9. The van der Waals surface area contributed by atoms with Crippen LogP contribution in [0.1, 0.15) is 38.3 Å². The normalized spacial score (nSPS) is 11.0. The van der Waals surface area contributed by atoms with Crippen molar-refractivity contribution >= 4 is 39.2 Å². The number of nitrogens with one attached hydrogen (secondary N) is 2. The van der Waals surface area contributed by atoms with Crippen LogP contribution in [0.3, 0.4) is 0 Å². The summed E-state index contributed by atoms with van der Waals surface area (Å²) < 4.78 is 0.842. The lowest BCUT2D eigenvalue weighted by atomic mass is 10.1. The molecule has 0 aliphatic carbocycles. The van der Waals surface area contributed by atoms with E-state index in [0.29, 0.717) is 11.1 Å². The molecule has 6 nitrogen and oxygen atoms in total. The van der Waals surface area contributed by atoms with E-state index < -0.39 is 11.8 Å². The van der Waals surface area contributed by atoms with E-state index in [2.05, 4.69) is 31.8 Å². The van der Waals surface area contributed by atoms with Crippen LogP contribution in [0.25, 0.3) is 0 Å². The Morgan fingerprint density at radius 2 is 1.47 bits per heavy atom. The molecular weight excluding hydrogens is 470 g/mol. The van der Waals surface area contributed by atoms with Gasteiger partial charge in [0.15, 0.2) is 5.78 Å². The maximum absolute atomic E-state index is 12.8. The summed E-state index contributed by atoms with van der Waals surface area (Å²) in [6, 6.07) is 23.2. The molecule has 0 unspecified atom stereocenters. The summed E-state index contributed by atoms with van der Waals surface area (Å²) in [5.74, 6) is -1.27. The summed E-state index contributed by atoms with van der Waals surface area (Å²) in [7, 11) is 0. The SMILES string of the molecule is Cc1ccc(C(=O)NN=C(CC(=O)c2ccc(Br)cc2)C(=O)NCc2ccccc2)cc1. The fourth-order valence-corrected chi connectivity index (χ4v) is 3.09. The Morgan fingerprint density at radius 3 is 2.12 bits per heavy atom. The van der Waals surface area contributed by atoms with Gasteiger partial charge >= 0.3 is 0 Å². The van der Waals surface area contributed by atoms with E-state index in [1.807, 2.05) is 49.4 Å². The van der Waals surface area contributed by atoms with Crippen molar-refractivity contribution in [2.45, 2.75) is 19.9 Å². The van der Waals surface area contributed by atoms with Crippen molar-refractivity contribution in [3.8, 4) is 0 Å². The van der Waals surface area contributed by atoms with Crippen molar-refractivity contribution < 1.29 is 14.4 Å². The van der Waals surface area contributed by atoms with Gasteiger partial charge in [0, 0.05) is 22.1 Å². The van der Waals surface area contributed by atoms with Gasteiger partial charge in [0.05, 0.1) is 6.42 Å². The first kappa shape index (κ1) is 23.1. The Balaban J connectivity index is 1.75. The van der Waals surface area contributed by atoms with Gasteiger partial charge in [0.2, 0.25) is 0 Å². The molecule has 162 valence electrons. The Morgan fingerprint density at radius 1 is 0.844 bits per heavy atom. The first-order valence-electron chi connectivity index (χ1n) is 9.97. The molecule has 0 aliphatic rings. The zero-order valence-electron chi connectivity index (χ0n) is 17.5. The smallest absolute Gasteiger partial charge is 0.271 e. The summed E-state index contributed by atoms with van der Waals surface area (Å²) in [6.45, 7) is 2.19. The van der Waals surface area contributed by atoms with Gasteiger partial charge in [-0.05, 0) is 36.8 Å². The van der Waals surface area contributed by atoms with Crippen molar-refractivity contribution in [2.75, 3.05) is 0 Å². The fraction of sp³-hybridized carbons (Fsp3) is 0.120. The number of Topliss-reactive ketones (excluding diaryl/α,β-unsaturated/α-hetero) is 1. The molecule has 7 heteroatoms. The number of hydrogen-bond donors (Lipinski definition) is 2. The molecular formula is C25H22BrN3O3. The van der Waals surface area contributed by atoms with E-state index in [0.717, 1.165) is 15.6 Å². The van der Waals surface area contributed by atoms with E-state index >= 15 is 0 Å². The van der Waals surface area contributed by atoms with Crippen LogP contribution >= 0.6 is 15.9 Å². The third-order valence-corrected chi connectivity index (χ3v) is 5.19. The predicted octanol–water partition coefficient (Wildman–Crippen LogP) is 4.43. The average molecular weight is 492 g/mol. The van der Waals surface area contributed by atoms with Gasteiger partial charge in [-0.3, -0.25) is 14.4 Å². The predicted molar refractivity (Wildman–Crippen MR) is 127 cm³/mol. The molecule has 0 aliphatic heterocycles. The van der Waals surface area contributed by atoms with E-state index in [4.69, 9.17) is 0 Å². The number of rotatable bonds is 8. The number of hydrogen-bond acceptors (Lipinski definition) is 4. The second kappa shape index (κ2) is 11.2. The van der Waals surface area contributed by atoms with Crippen molar-refractivity contribution in [2.24, 2.45) is 5.10 Å². The van der Waals surface area contributed by atoms with Gasteiger partial charge in [-0.15, -0.1) is 0 Å². The van der Waals surface area contributed by atoms with Crippen LogP contribution in [0.15, 0.2) is 88.4 Å². The molecule has 3 aromatic rings. The highest BCUT2D eigenvalue weighted by molar-refractivity contribution is 9.10. The number of benzene rings is 3. The zero-order valence-corrected chi connectivity index (χ0v) is 19.1. The number of ketones is 1.